The minimum Gasteiger partial charge on any atom is -0.426 e. The van der Waals surface area contributed by atoms with E-state index >= 15 is 0 Å². The molecule has 0 spiro atoms. The zero-order valence-electron chi connectivity index (χ0n) is 7.13. The van der Waals surface area contributed by atoms with E-state index in [0.29, 0.717) is 0 Å². The van der Waals surface area contributed by atoms with Crippen molar-refractivity contribution in [2.75, 3.05) is 0 Å². The predicted octanol–water partition coefficient (Wildman–Crippen LogP) is 0.659. The molecule has 5 heteroatoms. The second kappa shape index (κ2) is 3.87. The van der Waals surface area contributed by atoms with Crippen LogP contribution in [-0.4, -0.2) is 22.6 Å². The Morgan fingerprint density at radius 1 is 1.42 bits per heavy atom. The molecule has 1 N–H and O–H groups in total. The molecule has 12 heavy (non-hydrogen) atoms. The van der Waals surface area contributed by atoms with Gasteiger partial charge in [0.2, 0.25) is 0 Å². The molecule has 0 amide bonds. The van der Waals surface area contributed by atoms with E-state index in [0.717, 1.165) is 0 Å². The van der Waals surface area contributed by atoms with Gasteiger partial charge in [-0.25, -0.2) is 0 Å². The first kappa shape index (κ1) is 11.4. The van der Waals surface area contributed by atoms with Gasteiger partial charge in [0.05, 0.1) is 5.41 Å². The van der Waals surface area contributed by atoms with Gasteiger partial charge in [-0.3, -0.25) is 9.59 Å². The molecular formula is C7H11ClO4. The Hall–Kier alpha value is -0.610. The van der Waals surface area contributed by atoms with Gasteiger partial charge in [-0.1, -0.05) is 0 Å². The van der Waals surface area contributed by atoms with Crippen LogP contribution in [0.4, 0.5) is 0 Å². The summed E-state index contributed by atoms with van der Waals surface area (Å²) in [6.07, 6.45) is -1.86. The van der Waals surface area contributed by atoms with Crippen molar-refractivity contribution < 1.29 is 19.4 Å². The van der Waals surface area contributed by atoms with Gasteiger partial charge in [0.1, 0.15) is 0 Å². The summed E-state index contributed by atoms with van der Waals surface area (Å²) in [5.41, 5.74) is -0.757. The molecule has 0 saturated heterocycles. The highest BCUT2D eigenvalue weighted by Crippen LogP contribution is 2.16. The number of esters is 1. The Balaban J connectivity index is 4.11. The molecule has 1 unspecified atom stereocenters. The molecule has 0 radical (unpaired) electrons. The lowest BCUT2D eigenvalue weighted by Crippen LogP contribution is -2.30. The fourth-order valence-electron chi connectivity index (χ4n) is 0.324. The van der Waals surface area contributed by atoms with Crippen LogP contribution in [0.2, 0.25) is 0 Å². The monoisotopic (exact) mass is 194 g/mol. The highest BCUT2D eigenvalue weighted by atomic mass is 35.5. The molecule has 0 bridgehead atoms. The van der Waals surface area contributed by atoms with Crippen molar-refractivity contribution in [1.82, 2.24) is 0 Å². The van der Waals surface area contributed by atoms with Crippen molar-refractivity contribution in [3.63, 3.8) is 0 Å². The maximum absolute atomic E-state index is 11.0. The van der Waals surface area contributed by atoms with Crippen molar-refractivity contribution in [2.45, 2.75) is 27.1 Å². The van der Waals surface area contributed by atoms with Gasteiger partial charge in [0.25, 0.3) is 11.5 Å². The average molecular weight is 195 g/mol. The van der Waals surface area contributed by atoms with Crippen LogP contribution < -0.4 is 0 Å². The van der Waals surface area contributed by atoms with Gasteiger partial charge in [0.15, 0.2) is 0 Å². The van der Waals surface area contributed by atoms with Crippen molar-refractivity contribution in [3.05, 3.63) is 0 Å². The molecule has 0 aliphatic carbocycles. The number of ether oxygens (including phenoxy) is 1. The Bertz CT molecular complexity index is 194. The molecule has 0 aromatic heterocycles. The molecule has 0 heterocycles. The lowest BCUT2D eigenvalue weighted by Gasteiger charge is -2.17. The van der Waals surface area contributed by atoms with E-state index in [1.54, 1.807) is 20.8 Å². The summed E-state index contributed by atoms with van der Waals surface area (Å²) in [6, 6.07) is 0. The number of hydrogen-bond acceptors (Lipinski definition) is 4. The number of carbonyl (C=O) groups is 2. The minimum atomic E-state index is -1.86. The number of carbonyl (C=O) groups excluding carboxylic acids is 2. The van der Waals surface area contributed by atoms with E-state index in [2.05, 4.69) is 4.74 Å². The first-order chi connectivity index (χ1) is 5.25. The lowest BCUT2D eigenvalue weighted by molar-refractivity contribution is -0.179. The Morgan fingerprint density at radius 2 is 1.83 bits per heavy atom. The molecule has 0 aliphatic rings. The first-order valence-electron chi connectivity index (χ1n) is 3.33. The molecule has 0 fully saturated rings. The van der Waals surface area contributed by atoms with Crippen molar-refractivity contribution in [3.8, 4) is 0 Å². The number of rotatable bonds is 2. The Morgan fingerprint density at radius 3 is 2.08 bits per heavy atom. The Labute approximate surface area is 75.5 Å². The standard InChI is InChI=1S/C7H11ClO4/c1-7(2,3)6(11)12-5(10)4(8)9/h5,10H,1-3H3. The maximum Gasteiger partial charge on any atom is 0.313 e. The van der Waals surface area contributed by atoms with Crippen LogP contribution in [0.3, 0.4) is 0 Å². The highest BCUT2D eigenvalue weighted by Gasteiger charge is 2.27. The molecule has 0 aliphatic heterocycles. The van der Waals surface area contributed by atoms with Crippen LogP contribution in [0.15, 0.2) is 0 Å². The maximum atomic E-state index is 11.0. The van der Waals surface area contributed by atoms with E-state index < -0.39 is 22.9 Å². The molecule has 0 aromatic carbocycles. The van der Waals surface area contributed by atoms with E-state index in [-0.39, 0.29) is 0 Å². The smallest absolute Gasteiger partial charge is 0.313 e. The normalized spacial score (nSPS) is 13.8. The van der Waals surface area contributed by atoms with Crippen LogP contribution in [0.1, 0.15) is 20.8 Å². The van der Waals surface area contributed by atoms with Gasteiger partial charge in [0, 0.05) is 0 Å². The summed E-state index contributed by atoms with van der Waals surface area (Å²) >= 11 is 4.86. The van der Waals surface area contributed by atoms with Crippen molar-refractivity contribution >= 4 is 22.8 Å². The second-order valence-electron chi connectivity index (χ2n) is 3.31. The van der Waals surface area contributed by atoms with Gasteiger partial charge in [-0.05, 0) is 32.4 Å². The third-order valence-electron chi connectivity index (χ3n) is 1.03. The van der Waals surface area contributed by atoms with Crippen LogP contribution in [-0.2, 0) is 14.3 Å². The van der Waals surface area contributed by atoms with E-state index in [4.69, 9.17) is 16.7 Å². The topological polar surface area (TPSA) is 63.6 Å². The third kappa shape index (κ3) is 3.69. The van der Waals surface area contributed by atoms with Gasteiger partial charge in [-0.15, -0.1) is 0 Å². The SMILES string of the molecule is CC(C)(C)C(=O)OC(O)C(=O)Cl. The molecule has 0 saturated carbocycles. The summed E-state index contributed by atoms with van der Waals surface area (Å²) < 4.78 is 4.31. The van der Waals surface area contributed by atoms with Crippen LogP contribution in [0.5, 0.6) is 0 Å². The summed E-state index contributed by atoms with van der Waals surface area (Å²) in [6.45, 7) is 4.79. The number of halogens is 1. The molecule has 70 valence electrons. The van der Waals surface area contributed by atoms with E-state index in [1.807, 2.05) is 0 Å². The Kier molecular flexibility index (Phi) is 3.67. The molecular weight excluding hydrogens is 184 g/mol. The lowest BCUT2D eigenvalue weighted by atomic mass is 9.97. The molecule has 0 aromatic rings. The first-order valence-corrected chi connectivity index (χ1v) is 3.71. The predicted molar refractivity (Wildman–Crippen MR) is 42.4 cm³/mol. The van der Waals surface area contributed by atoms with Gasteiger partial charge in [-0.2, -0.15) is 0 Å². The third-order valence-corrected chi connectivity index (χ3v) is 1.21. The number of aliphatic hydroxyl groups is 1. The van der Waals surface area contributed by atoms with Crippen molar-refractivity contribution in [1.29, 1.82) is 0 Å². The summed E-state index contributed by atoms with van der Waals surface area (Å²) in [5, 5.41) is 7.63. The molecule has 1 atom stereocenters. The quantitative estimate of drug-likeness (QED) is 0.399. The highest BCUT2D eigenvalue weighted by molar-refractivity contribution is 6.64. The zero-order chi connectivity index (χ0) is 9.94. The zero-order valence-corrected chi connectivity index (χ0v) is 7.88. The van der Waals surface area contributed by atoms with Crippen LogP contribution in [0, 0.1) is 5.41 Å². The fraction of sp³-hybridized carbons (Fsp3) is 0.714. The van der Waals surface area contributed by atoms with E-state index in [9.17, 15) is 9.59 Å². The van der Waals surface area contributed by atoms with Gasteiger partial charge < -0.3 is 9.84 Å². The number of hydrogen-bond donors (Lipinski definition) is 1. The van der Waals surface area contributed by atoms with Crippen LogP contribution >= 0.6 is 11.6 Å². The van der Waals surface area contributed by atoms with E-state index in [1.165, 1.54) is 0 Å². The van der Waals surface area contributed by atoms with Crippen molar-refractivity contribution in [2.24, 2.45) is 5.41 Å². The average Bonchev–Trinajstić information content (AvgIpc) is 1.85. The second-order valence-corrected chi connectivity index (χ2v) is 3.68. The van der Waals surface area contributed by atoms with Crippen LogP contribution in [0.25, 0.3) is 0 Å². The van der Waals surface area contributed by atoms with Gasteiger partial charge >= 0.3 is 5.97 Å². The molecule has 0 rings (SSSR count). The summed E-state index contributed by atoms with van der Waals surface area (Å²) in [4.78, 5) is 21.2. The summed E-state index contributed by atoms with van der Waals surface area (Å²) in [7, 11) is 0. The summed E-state index contributed by atoms with van der Waals surface area (Å²) in [5.74, 6) is -0.677. The number of aliphatic hydroxyl groups excluding tert-OH is 1. The fourth-order valence-corrected chi connectivity index (χ4v) is 0.369. The molecule has 4 nitrogen and oxygen atoms in total. The largest absolute Gasteiger partial charge is 0.426 e. The minimum absolute atomic E-state index is 0.677.